The number of anilines is 1. The maximum absolute atomic E-state index is 11.1. The molecule has 3 rings (SSSR count). The number of nitrogens with zero attached hydrogens (tertiary/aromatic N) is 4. The summed E-state index contributed by atoms with van der Waals surface area (Å²) in [7, 11) is 0. The van der Waals surface area contributed by atoms with E-state index in [0.29, 0.717) is 12.1 Å². The summed E-state index contributed by atoms with van der Waals surface area (Å²) in [5, 5.41) is 13.4. The summed E-state index contributed by atoms with van der Waals surface area (Å²) in [6, 6.07) is 5.34. The van der Waals surface area contributed by atoms with E-state index in [0.717, 1.165) is 37.4 Å². The molecule has 0 saturated heterocycles. The van der Waals surface area contributed by atoms with Crippen molar-refractivity contribution in [1.82, 2.24) is 14.8 Å². The second-order valence-corrected chi connectivity index (χ2v) is 5.22. The summed E-state index contributed by atoms with van der Waals surface area (Å²) >= 11 is 0. The average molecular weight is 286 g/mol. The molecule has 2 heterocycles. The van der Waals surface area contributed by atoms with Gasteiger partial charge in [-0.25, -0.2) is 14.5 Å². The highest BCUT2D eigenvalue weighted by atomic mass is 16.4. The van der Waals surface area contributed by atoms with Gasteiger partial charge in [0.05, 0.1) is 12.1 Å². The van der Waals surface area contributed by atoms with E-state index in [1.807, 2.05) is 10.7 Å². The number of carboxylic acids is 1. The van der Waals surface area contributed by atoms with Crippen LogP contribution < -0.4 is 4.90 Å². The zero-order chi connectivity index (χ0) is 14.8. The zero-order valence-corrected chi connectivity index (χ0v) is 12.0. The van der Waals surface area contributed by atoms with Gasteiger partial charge in [0.15, 0.2) is 0 Å². The largest absolute Gasteiger partial charge is 0.478 e. The molecule has 2 aromatic rings. The highest BCUT2D eigenvalue weighted by molar-refractivity contribution is 5.89. The number of hydrogen-bond acceptors (Lipinski definition) is 4. The first-order valence-corrected chi connectivity index (χ1v) is 7.17. The number of aryl methyl sites for hydroxylation is 1. The molecule has 1 aromatic heterocycles. The second kappa shape index (κ2) is 5.55. The van der Waals surface area contributed by atoms with Crippen LogP contribution in [-0.2, 0) is 19.5 Å². The monoisotopic (exact) mass is 286 g/mol. The minimum Gasteiger partial charge on any atom is -0.478 e. The quantitative estimate of drug-likeness (QED) is 0.909. The van der Waals surface area contributed by atoms with E-state index in [9.17, 15) is 4.79 Å². The minimum atomic E-state index is -0.890. The fourth-order valence-corrected chi connectivity index (χ4v) is 2.72. The normalized spacial score (nSPS) is 13.5. The van der Waals surface area contributed by atoms with Gasteiger partial charge in [0.1, 0.15) is 12.2 Å². The third-order valence-electron chi connectivity index (χ3n) is 3.79. The van der Waals surface area contributed by atoms with Gasteiger partial charge in [-0.1, -0.05) is 13.0 Å². The summed E-state index contributed by atoms with van der Waals surface area (Å²) < 4.78 is 1.92. The topological polar surface area (TPSA) is 71.2 Å². The third-order valence-corrected chi connectivity index (χ3v) is 3.79. The Morgan fingerprint density at radius 2 is 2.29 bits per heavy atom. The fourth-order valence-electron chi connectivity index (χ4n) is 2.72. The highest BCUT2D eigenvalue weighted by Crippen LogP contribution is 2.30. The first-order chi connectivity index (χ1) is 10.2. The van der Waals surface area contributed by atoms with Crippen molar-refractivity contribution in [3.63, 3.8) is 0 Å². The van der Waals surface area contributed by atoms with Crippen molar-refractivity contribution in [2.24, 2.45) is 0 Å². The molecule has 110 valence electrons. The number of benzene rings is 1. The van der Waals surface area contributed by atoms with E-state index in [1.165, 1.54) is 5.56 Å². The van der Waals surface area contributed by atoms with Crippen LogP contribution in [0.25, 0.3) is 0 Å². The molecule has 6 nitrogen and oxygen atoms in total. The van der Waals surface area contributed by atoms with Gasteiger partial charge in [-0.15, -0.1) is 0 Å². The van der Waals surface area contributed by atoms with Gasteiger partial charge < -0.3 is 10.0 Å². The van der Waals surface area contributed by atoms with Crippen LogP contribution >= 0.6 is 0 Å². The van der Waals surface area contributed by atoms with Crippen molar-refractivity contribution in [3.05, 3.63) is 41.5 Å². The van der Waals surface area contributed by atoms with E-state index in [1.54, 1.807) is 18.5 Å². The van der Waals surface area contributed by atoms with Crippen LogP contribution in [-0.4, -0.2) is 32.4 Å². The summed E-state index contributed by atoms with van der Waals surface area (Å²) in [6.07, 6.45) is 3.53. The first kappa shape index (κ1) is 13.6. The summed E-state index contributed by atoms with van der Waals surface area (Å²) in [4.78, 5) is 17.6. The average Bonchev–Trinajstić information content (AvgIpc) is 3.07. The van der Waals surface area contributed by atoms with E-state index >= 15 is 0 Å². The van der Waals surface area contributed by atoms with Gasteiger partial charge >= 0.3 is 5.97 Å². The van der Waals surface area contributed by atoms with Crippen LogP contribution in [0.1, 0.15) is 35.1 Å². The lowest BCUT2D eigenvalue weighted by atomic mass is 10.1. The van der Waals surface area contributed by atoms with Crippen molar-refractivity contribution in [1.29, 1.82) is 0 Å². The Balaban J connectivity index is 1.85. The molecule has 21 heavy (non-hydrogen) atoms. The van der Waals surface area contributed by atoms with Crippen LogP contribution in [0.15, 0.2) is 24.5 Å². The molecular weight excluding hydrogens is 268 g/mol. The molecule has 0 saturated carbocycles. The van der Waals surface area contributed by atoms with Crippen LogP contribution in [0.5, 0.6) is 0 Å². The van der Waals surface area contributed by atoms with Gasteiger partial charge in [-0.2, -0.15) is 5.10 Å². The van der Waals surface area contributed by atoms with Crippen molar-refractivity contribution in [2.45, 2.75) is 32.9 Å². The molecule has 6 heteroatoms. The number of hydrogen-bond donors (Lipinski definition) is 1. The third kappa shape index (κ3) is 2.61. The molecule has 1 aromatic carbocycles. The number of carbonyl (C=O) groups is 1. The molecule has 0 fully saturated rings. The van der Waals surface area contributed by atoms with Crippen molar-refractivity contribution < 1.29 is 9.90 Å². The predicted octanol–water partition coefficient (Wildman–Crippen LogP) is 1.95. The van der Waals surface area contributed by atoms with E-state index < -0.39 is 5.97 Å². The lowest BCUT2D eigenvalue weighted by molar-refractivity contribution is 0.0697. The summed E-state index contributed by atoms with van der Waals surface area (Å²) in [6.45, 7) is 4.51. The molecule has 1 aliphatic rings. The number of aromatic nitrogens is 3. The van der Waals surface area contributed by atoms with Crippen molar-refractivity contribution >= 4 is 11.7 Å². The number of fused-ring (bicyclic) bond motifs is 1. The van der Waals surface area contributed by atoms with Gasteiger partial charge in [0.25, 0.3) is 0 Å². The molecule has 0 bridgehead atoms. The molecule has 0 spiro atoms. The molecule has 0 atom stereocenters. The molecular formula is C15H18N4O2. The maximum atomic E-state index is 11.1. The van der Waals surface area contributed by atoms with Crippen LogP contribution in [0.3, 0.4) is 0 Å². The Bertz CT molecular complexity index is 665. The van der Waals surface area contributed by atoms with Crippen molar-refractivity contribution in [3.8, 4) is 0 Å². The molecule has 0 unspecified atom stereocenters. The maximum Gasteiger partial charge on any atom is 0.335 e. The predicted molar refractivity (Wildman–Crippen MR) is 78.5 cm³/mol. The smallest absolute Gasteiger partial charge is 0.335 e. The van der Waals surface area contributed by atoms with Gasteiger partial charge in [0, 0.05) is 18.8 Å². The summed E-state index contributed by atoms with van der Waals surface area (Å²) in [5.41, 5.74) is 2.53. The van der Waals surface area contributed by atoms with E-state index in [-0.39, 0.29) is 0 Å². The Morgan fingerprint density at radius 3 is 3.05 bits per heavy atom. The van der Waals surface area contributed by atoms with Crippen LogP contribution in [0.4, 0.5) is 5.69 Å². The lowest BCUT2D eigenvalue weighted by Crippen LogP contribution is -2.23. The highest BCUT2D eigenvalue weighted by Gasteiger charge is 2.22. The van der Waals surface area contributed by atoms with Crippen LogP contribution in [0, 0.1) is 0 Å². The Kier molecular flexibility index (Phi) is 3.60. The molecule has 0 amide bonds. The van der Waals surface area contributed by atoms with E-state index in [2.05, 4.69) is 21.9 Å². The number of aromatic carboxylic acids is 1. The number of carboxylic acid groups (broad SMARTS) is 1. The minimum absolute atomic E-state index is 0.329. The Hall–Kier alpha value is -2.37. The Labute approximate surface area is 123 Å². The van der Waals surface area contributed by atoms with Gasteiger partial charge in [-0.05, 0) is 30.5 Å². The van der Waals surface area contributed by atoms with Gasteiger partial charge in [-0.3, -0.25) is 0 Å². The second-order valence-electron chi connectivity index (χ2n) is 5.22. The molecule has 1 N–H and O–H groups in total. The fraction of sp³-hybridized carbons (Fsp3) is 0.400. The van der Waals surface area contributed by atoms with Crippen LogP contribution in [0.2, 0.25) is 0 Å². The summed E-state index contributed by atoms with van der Waals surface area (Å²) in [5.74, 6) is 0.0317. The SMILES string of the molecule is CCCn1ncnc1CN1CCc2ccc(C(=O)O)cc21. The van der Waals surface area contributed by atoms with Crippen molar-refractivity contribution in [2.75, 3.05) is 11.4 Å². The first-order valence-electron chi connectivity index (χ1n) is 7.17. The Morgan fingerprint density at radius 1 is 1.43 bits per heavy atom. The molecule has 0 aliphatic carbocycles. The lowest BCUT2D eigenvalue weighted by Gasteiger charge is -2.19. The standard InChI is InChI=1S/C15H18N4O2/c1-2-6-19-14(16-10-17-19)9-18-7-5-11-3-4-12(15(20)21)8-13(11)18/h3-4,8,10H,2,5-7,9H2,1H3,(H,20,21). The number of rotatable bonds is 5. The zero-order valence-electron chi connectivity index (χ0n) is 12.0. The van der Waals surface area contributed by atoms with Gasteiger partial charge in [0.2, 0.25) is 0 Å². The molecule has 1 aliphatic heterocycles. The molecule has 0 radical (unpaired) electrons. The van der Waals surface area contributed by atoms with E-state index in [4.69, 9.17) is 5.11 Å².